The van der Waals surface area contributed by atoms with Gasteiger partial charge in [0.05, 0.1) is 17.1 Å². The van der Waals surface area contributed by atoms with Gasteiger partial charge in [-0.25, -0.2) is 4.98 Å². The fourth-order valence-electron chi connectivity index (χ4n) is 2.51. The van der Waals surface area contributed by atoms with Crippen molar-refractivity contribution >= 4 is 22.6 Å². The number of anilines is 1. The van der Waals surface area contributed by atoms with Gasteiger partial charge in [-0.05, 0) is 25.5 Å². The van der Waals surface area contributed by atoms with Crippen molar-refractivity contribution < 1.29 is 4.79 Å². The summed E-state index contributed by atoms with van der Waals surface area (Å²) in [7, 11) is 1.73. The van der Waals surface area contributed by atoms with Gasteiger partial charge in [0.25, 0.3) is 5.56 Å². The summed E-state index contributed by atoms with van der Waals surface area (Å²) in [5, 5.41) is 0. The van der Waals surface area contributed by atoms with Crippen LogP contribution in [0.5, 0.6) is 0 Å². The van der Waals surface area contributed by atoms with Crippen LogP contribution in [0.25, 0.3) is 11.0 Å². The van der Waals surface area contributed by atoms with Crippen LogP contribution >= 0.6 is 0 Å². The molecule has 1 aliphatic heterocycles. The first-order chi connectivity index (χ1) is 9.09. The molecule has 5 nitrogen and oxygen atoms in total. The van der Waals surface area contributed by atoms with Crippen molar-refractivity contribution in [2.24, 2.45) is 7.05 Å². The molecule has 19 heavy (non-hydrogen) atoms. The average Bonchev–Trinajstić information content (AvgIpc) is 2.33. The first-order valence-electron chi connectivity index (χ1n) is 6.32. The lowest BCUT2D eigenvalue weighted by Crippen LogP contribution is -2.54. The van der Waals surface area contributed by atoms with Gasteiger partial charge in [-0.2, -0.15) is 0 Å². The lowest BCUT2D eigenvalue weighted by atomic mass is 10.00. The summed E-state index contributed by atoms with van der Waals surface area (Å²) >= 11 is 0. The monoisotopic (exact) mass is 257 g/mol. The molecule has 0 amide bonds. The van der Waals surface area contributed by atoms with Crippen molar-refractivity contribution in [2.45, 2.75) is 19.4 Å². The summed E-state index contributed by atoms with van der Waals surface area (Å²) in [6.45, 7) is 2.27. The van der Waals surface area contributed by atoms with E-state index in [1.807, 2.05) is 24.3 Å². The quantitative estimate of drug-likeness (QED) is 0.808. The second kappa shape index (κ2) is 4.19. The molecule has 1 fully saturated rings. The predicted octanol–water partition coefficient (Wildman–Crippen LogP) is 1.10. The number of para-hydroxylation sites is 2. The molecule has 1 aliphatic rings. The minimum absolute atomic E-state index is 0.0864. The number of rotatable bonds is 2. The highest BCUT2D eigenvalue weighted by atomic mass is 16.1. The summed E-state index contributed by atoms with van der Waals surface area (Å²) in [5.74, 6) is 0.468. The summed E-state index contributed by atoms with van der Waals surface area (Å²) in [5.41, 5.74) is 1.43. The Kier molecular flexibility index (Phi) is 2.62. The molecule has 0 radical (unpaired) electrons. The number of carbonyl (C=O) groups excluding carboxylic acids is 1. The van der Waals surface area contributed by atoms with Gasteiger partial charge in [0.2, 0.25) is 0 Å². The molecule has 0 unspecified atom stereocenters. The molecule has 0 saturated carbocycles. The molecular formula is C14H15N3O2. The first-order valence-corrected chi connectivity index (χ1v) is 6.32. The van der Waals surface area contributed by atoms with E-state index < -0.39 is 0 Å². The van der Waals surface area contributed by atoms with Crippen LogP contribution in [0.3, 0.4) is 0 Å². The van der Waals surface area contributed by atoms with Gasteiger partial charge >= 0.3 is 0 Å². The minimum atomic E-state index is -0.193. The molecule has 3 rings (SSSR count). The number of aromatic nitrogens is 2. The molecule has 5 heteroatoms. The number of hydrogen-bond donors (Lipinski definition) is 0. The smallest absolute Gasteiger partial charge is 0.293 e. The van der Waals surface area contributed by atoms with E-state index in [-0.39, 0.29) is 17.4 Å². The van der Waals surface area contributed by atoms with Gasteiger partial charge in [-0.3, -0.25) is 9.59 Å². The Morgan fingerprint density at radius 3 is 2.74 bits per heavy atom. The number of carbonyl (C=O) groups is 1. The summed E-state index contributed by atoms with van der Waals surface area (Å²) < 4.78 is 1.59. The second-order valence-corrected chi connectivity index (χ2v) is 4.90. The number of nitrogens with zero attached hydrogens (tertiary/aromatic N) is 3. The molecule has 0 spiro atoms. The highest BCUT2D eigenvalue weighted by Crippen LogP contribution is 2.24. The van der Waals surface area contributed by atoms with E-state index in [1.165, 1.54) is 0 Å². The summed E-state index contributed by atoms with van der Waals surface area (Å²) in [6.07, 6.45) is 0.799. The molecule has 1 atom stereocenters. The molecule has 1 aromatic heterocycles. The standard InChI is InChI=1S/C14H15N3O2/c1-9(18)11-7-8-17(11)13-14(19)16(2)12-6-4-3-5-10(12)15-13/h3-6,11H,7-8H2,1-2H3/t11-/m1/s1. The number of Topliss-reactive ketones (excluding diaryl/α,β-unsaturated/α-hetero) is 1. The van der Waals surface area contributed by atoms with Crippen LogP contribution in [0, 0.1) is 0 Å². The normalized spacial score (nSPS) is 18.4. The summed E-state index contributed by atoms with van der Waals surface area (Å²) in [6, 6.07) is 7.32. The number of fused-ring (bicyclic) bond motifs is 1. The molecule has 0 N–H and O–H groups in total. The van der Waals surface area contributed by atoms with E-state index in [0.717, 1.165) is 17.5 Å². The van der Waals surface area contributed by atoms with Crippen LogP contribution in [0.1, 0.15) is 13.3 Å². The predicted molar refractivity (Wildman–Crippen MR) is 73.4 cm³/mol. The fourth-order valence-corrected chi connectivity index (χ4v) is 2.51. The molecule has 98 valence electrons. The third-order valence-electron chi connectivity index (χ3n) is 3.73. The van der Waals surface area contributed by atoms with E-state index >= 15 is 0 Å². The lowest BCUT2D eigenvalue weighted by Gasteiger charge is -2.39. The Hall–Kier alpha value is -2.17. The zero-order chi connectivity index (χ0) is 13.6. The number of aryl methyl sites for hydroxylation is 1. The van der Waals surface area contributed by atoms with Crippen LogP contribution in [-0.4, -0.2) is 27.9 Å². The van der Waals surface area contributed by atoms with Crippen LogP contribution in [0.4, 0.5) is 5.82 Å². The van der Waals surface area contributed by atoms with E-state index in [1.54, 1.807) is 23.4 Å². The maximum atomic E-state index is 12.3. The number of hydrogen-bond acceptors (Lipinski definition) is 4. The van der Waals surface area contributed by atoms with Crippen LogP contribution in [0.2, 0.25) is 0 Å². The van der Waals surface area contributed by atoms with Crippen molar-refractivity contribution in [3.63, 3.8) is 0 Å². The van der Waals surface area contributed by atoms with Crippen LogP contribution in [-0.2, 0) is 11.8 Å². The first kappa shape index (κ1) is 11.9. The van der Waals surface area contributed by atoms with Crippen LogP contribution in [0.15, 0.2) is 29.1 Å². The Morgan fingerprint density at radius 2 is 2.11 bits per heavy atom. The molecular weight excluding hydrogens is 242 g/mol. The van der Waals surface area contributed by atoms with Gasteiger partial charge < -0.3 is 9.47 Å². The van der Waals surface area contributed by atoms with Crippen LogP contribution < -0.4 is 10.5 Å². The Morgan fingerprint density at radius 1 is 1.37 bits per heavy atom. The zero-order valence-electron chi connectivity index (χ0n) is 11.0. The highest BCUT2D eigenvalue weighted by molar-refractivity contribution is 5.87. The molecule has 2 heterocycles. The Labute approximate surface area is 110 Å². The second-order valence-electron chi connectivity index (χ2n) is 4.90. The SMILES string of the molecule is CC(=O)[C@H]1CCN1c1nc2ccccc2n(C)c1=O. The van der Waals surface area contributed by atoms with Crippen molar-refractivity contribution in [2.75, 3.05) is 11.4 Å². The molecule has 0 aliphatic carbocycles. The van der Waals surface area contributed by atoms with Gasteiger partial charge in [-0.1, -0.05) is 12.1 Å². The largest absolute Gasteiger partial charge is 0.342 e. The molecule has 2 aromatic rings. The van der Waals surface area contributed by atoms with Crippen molar-refractivity contribution in [1.29, 1.82) is 0 Å². The number of ketones is 1. The summed E-state index contributed by atoms with van der Waals surface area (Å²) in [4.78, 5) is 30.1. The van der Waals surface area contributed by atoms with E-state index in [4.69, 9.17) is 0 Å². The van der Waals surface area contributed by atoms with Crippen molar-refractivity contribution in [3.8, 4) is 0 Å². The number of benzene rings is 1. The molecule has 1 aromatic carbocycles. The van der Waals surface area contributed by atoms with Gasteiger partial charge in [0, 0.05) is 13.6 Å². The van der Waals surface area contributed by atoms with Gasteiger partial charge in [-0.15, -0.1) is 0 Å². The average molecular weight is 257 g/mol. The molecule has 0 bridgehead atoms. The molecule has 1 saturated heterocycles. The lowest BCUT2D eigenvalue weighted by molar-refractivity contribution is -0.119. The van der Waals surface area contributed by atoms with Crippen molar-refractivity contribution in [1.82, 2.24) is 9.55 Å². The fraction of sp³-hybridized carbons (Fsp3) is 0.357. The van der Waals surface area contributed by atoms with Crippen molar-refractivity contribution in [3.05, 3.63) is 34.6 Å². The van der Waals surface area contributed by atoms with Gasteiger partial charge in [0.15, 0.2) is 11.6 Å². The van der Waals surface area contributed by atoms with Gasteiger partial charge in [0.1, 0.15) is 0 Å². The maximum absolute atomic E-state index is 12.3. The third kappa shape index (κ3) is 1.73. The third-order valence-corrected chi connectivity index (χ3v) is 3.73. The highest BCUT2D eigenvalue weighted by Gasteiger charge is 2.34. The maximum Gasteiger partial charge on any atom is 0.293 e. The minimum Gasteiger partial charge on any atom is -0.342 e. The van der Waals surface area contributed by atoms with E-state index in [9.17, 15) is 9.59 Å². The van der Waals surface area contributed by atoms with E-state index in [2.05, 4.69) is 4.98 Å². The Balaban J connectivity index is 2.17. The Bertz CT molecular complexity index is 720. The zero-order valence-corrected chi connectivity index (χ0v) is 11.0. The van der Waals surface area contributed by atoms with E-state index in [0.29, 0.717) is 12.4 Å². The topological polar surface area (TPSA) is 55.2 Å².